The van der Waals surface area contributed by atoms with Gasteiger partial charge in [0.1, 0.15) is 36.5 Å². The Balaban J connectivity index is 0.606. The maximum Gasteiger partial charge on any atom is 0.264 e. The maximum atomic E-state index is 13.4. The zero-order valence-electron chi connectivity index (χ0n) is 47.1. The van der Waals surface area contributed by atoms with Crippen LogP contribution in [0.5, 0.6) is 0 Å². The van der Waals surface area contributed by atoms with Crippen molar-refractivity contribution < 1.29 is 34.1 Å². The Hall–Kier alpha value is -6.28. The lowest BCUT2D eigenvalue weighted by molar-refractivity contribution is -0.125. The van der Waals surface area contributed by atoms with Crippen LogP contribution in [0.15, 0.2) is 61.3 Å². The molecule has 1 saturated carbocycles. The number of aliphatic hydroxyl groups excluding tert-OH is 2. The van der Waals surface area contributed by atoms with Crippen molar-refractivity contribution in [2.75, 3.05) is 36.8 Å². The number of fused-ring (bicyclic) bond motifs is 3. The molecule has 79 heavy (non-hydrogen) atoms. The molecular weight excluding hydrogens is 1000 g/mol. The van der Waals surface area contributed by atoms with E-state index in [0.29, 0.717) is 96.9 Å². The fourth-order valence-corrected chi connectivity index (χ4v) is 11.8. The highest BCUT2D eigenvalue weighted by Crippen LogP contribution is 2.39. The second kappa shape index (κ2) is 25.9. The Morgan fingerprint density at radius 1 is 0.886 bits per heavy atom. The van der Waals surface area contributed by atoms with Gasteiger partial charge in [0.25, 0.3) is 11.8 Å². The van der Waals surface area contributed by atoms with Crippen molar-refractivity contribution in [3.05, 3.63) is 83.8 Å². The molecule has 2 unspecified atom stereocenters. The number of aromatic amines is 1. The second-order valence-corrected chi connectivity index (χ2v) is 23.8. The van der Waals surface area contributed by atoms with Crippen molar-refractivity contribution in [3.8, 4) is 0 Å². The molecule has 3 aliphatic heterocycles. The molecule has 2 aromatic carbocycles. The van der Waals surface area contributed by atoms with Gasteiger partial charge in [0.15, 0.2) is 23.2 Å². The van der Waals surface area contributed by atoms with Crippen LogP contribution < -0.4 is 21.3 Å². The summed E-state index contributed by atoms with van der Waals surface area (Å²) in [6, 6.07) is 11.5. The molecule has 6 heterocycles. The molecule has 5 aromatic rings. The summed E-state index contributed by atoms with van der Waals surface area (Å²) < 4.78 is 8.14. The summed E-state index contributed by atoms with van der Waals surface area (Å²) in [4.78, 5) is 77.2. The van der Waals surface area contributed by atoms with E-state index < -0.39 is 42.4 Å². The summed E-state index contributed by atoms with van der Waals surface area (Å²) in [5.74, 6) is 1.07. The van der Waals surface area contributed by atoms with E-state index in [1.807, 2.05) is 6.07 Å². The summed E-state index contributed by atoms with van der Waals surface area (Å²) in [5, 5.41) is 35.1. The zero-order valence-corrected chi connectivity index (χ0v) is 47.1. The number of hydrogen-bond donors (Lipinski definition) is 7. The quantitative estimate of drug-likeness (QED) is 0.0184. The van der Waals surface area contributed by atoms with Crippen LogP contribution in [-0.2, 0) is 26.2 Å². The van der Waals surface area contributed by atoms with Gasteiger partial charge >= 0.3 is 0 Å². The molecule has 2 saturated heterocycles. The first-order valence-electron chi connectivity index (χ1n) is 29.2. The molecule has 0 radical (unpaired) electrons. The predicted octanol–water partition coefficient (Wildman–Crippen LogP) is 8.45. The number of nitrogens with one attached hydrogen (secondary N) is 5. The van der Waals surface area contributed by atoms with Gasteiger partial charge in [-0.2, -0.15) is 0 Å². The Kier molecular flexibility index (Phi) is 18.8. The minimum Gasteiger partial charge on any atom is -0.387 e. The summed E-state index contributed by atoms with van der Waals surface area (Å²) >= 11 is 0. The minimum absolute atomic E-state index is 0.0831. The third-order valence-corrected chi connectivity index (χ3v) is 16.6. The van der Waals surface area contributed by atoms with Crippen LogP contribution in [0, 0.1) is 5.92 Å². The Morgan fingerprint density at radius 2 is 1.61 bits per heavy atom. The number of allylic oxidation sites excluding steroid dienone is 1. The molecular formula is C60H84N12O7. The number of ether oxygens (including phenoxy) is 1. The molecule has 9 rings (SSSR count). The molecule has 0 spiro atoms. The van der Waals surface area contributed by atoms with E-state index in [9.17, 15) is 29.4 Å². The van der Waals surface area contributed by atoms with Crippen LogP contribution >= 0.6 is 0 Å². The number of rotatable bonds is 28. The summed E-state index contributed by atoms with van der Waals surface area (Å²) in [6.45, 7) is 17.3. The van der Waals surface area contributed by atoms with Crippen LogP contribution in [0.2, 0.25) is 0 Å². The third kappa shape index (κ3) is 13.7. The standard InChI is InChI=1S/C60H84N12O7/c1-37(2)70(41-31-39(32-41)23-27-48-68-43-25-24-40(60(4,5)6)33-45(43)69-48)34-47-52(74)53(75)59(79-47)71-36-66-51-54(64-35-65-55(51)71)63-30-17-16-29-62-49(73)21-14-12-10-8-7-9-11-13-15-28-61-44-20-18-19-42-50(44)58(78)72(57(42)77)46-26-22-38(3)67-56(46)76/h18-20,24-25,33,35-37,39,41,46-47,52-53,59,61,74-75H,3,7-17,21-23,26-32,34H2,1-2,4-6H3,(H,62,73)(H,67,76)(H,68,69)(H,63,64,65)/t39?,41?,46?,47-,52?,53+,59-/m1/s1. The van der Waals surface area contributed by atoms with Crippen molar-refractivity contribution >= 4 is 57.3 Å². The number of H-pyrrole nitrogens is 1. The highest BCUT2D eigenvalue weighted by molar-refractivity contribution is 6.25. The number of aromatic nitrogens is 6. The molecule has 0 bridgehead atoms. The van der Waals surface area contributed by atoms with Crippen LogP contribution in [-0.4, -0.2) is 136 Å². The minimum atomic E-state index is -1.16. The first-order chi connectivity index (χ1) is 38.0. The lowest BCUT2D eigenvalue weighted by Gasteiger charge is -2.46. The molecule has 4 amide bonds. The number of carbonyl (C=O) groups is 4. The lowest BCUT2D eigenvalue weighted by Crippen LogP contribution is -2.52. The number of piperidine rings is 1. The van der Waals surface area contributed by atoms with Crippen molar-refractivity contribution in [3.63, 3.8) is 0 Å². The third-order valence-electron chi connectivity index (χ3n) is 16.6. The van der Waals surface area contributed by atoms with Crippen molar-refractivity contribution in [2.45, 2.75) is 198 Å². The van der Waals surface area contributed by atoms with Gasteiger partial charge in [-0.3, -0.25) is 33.5 Å². The number of hydrogen-bond acceptors (Lipinski definition) is 14. The number of imidazole rings is 2. The SMILES string of the molecule is C=C1CCC(N2C(=O)c3cccc(NCCCCCCCCCCCC(=O)NCCCCNc4ncnc5c4ncn5[C@@H]4O[C@H](CN(C(C)C)C5CC(CCc6nc7ccc(C(C)(C)C)cc7[nH]6)C5)C(O)[C@@H]4O)c3C2=O)C(=O)N1. The smallest absolute Gasteiger partial charge is 0.264 e. The van der Waals surface area contributed by atoms with Gasteiger partial charge in [-0.25, -0.2) is 19.9 Å². The van der Waals surface area contributed by atoms with Crippen molar-refractivity contribution in [1.29, 1.82) is 0 Å². The number of carbonyl (C=O) groups excluding carboxylic acids is 4. The van der Waals surface area contributed by atoms with E-state index >= 15 is 0 Å². The number of nitrogens with zero attached hydrogens (tertiary/aromatic N) is 7. The molecule has 426 valence electrons. The number of imide groups is 1. The molecule has 3 fully saturated rings. The Bertz CT molecular complexity index is 2940. The van der Waals surface area contributed by atoms with Gasteiger partial charge in [0.2, 0.25) is 11.8 Å². The molecule has 1 aliphatic carbocycles. The van der Waals surface area contributed by atoms with Gasteiger partial charge < -0.3 is 41.2 Å². The summed E-state index contributed by atoms with van der Waals surface area (Å²) in [6.07, 6.45) is 16.1. The highest BCUT2D eigenvalue weighted by atomic mass is 16.6. The average molecular weight is 1090 g/mol. The lowest BCUT2D eigenvalue weighted by atomic mass is 9.76. The average Bonchev–Trinajstić information content (AvgIpc) is 4.39. The second-order valence-electron chi connectivity index (χ2n) is 23.8. The van der Waals surface area contributed by atoms with E-state index in [0.717, 1.165) is 118 Å². The fraction of sp³-hybridized carbons (Fsp3) is 0.600. The maximum absolute atomic E-state index is 13.4. The predicted molar refractivity (Wildman–Crippen MR) is 305 cm³/mol. The van der Waals surface area contributed by atoms with Crippen LogP contribution in [0.4, 0.5) is 11.5 Å². The first-order valence-corrected chi connectivity index (χ1v) is 29.2. The summed E-state index contributed by atoms with van der Waals surface area (Å²) in [5.41, 5.74) is 6.47. The number of benzene rings is 2. The van der Waals surface area contributed by atoms with E-state index in [4.69, 9.17) is 9.72 Å². The van der Waals surface area contributed by atoms with E-state index in [1.54, 1.807) is 23.0 Å². The van der Waals surface area contributed by atoms with E-state index in [2.05, 4.69) is 105 Å². The molecule has 5 atom stereocenters. The molecule has 19 nitrogen and oxygen atoms in total. The van der Waals surface area contributed by atoms with Gasteiger partial charge in [-0.1, -0.05) is 84.4 Å². The molecule has 7 N–H and O–H groups in total. The molecule has 4 aliphatic rings. The number of aryl methyl sites for hydroxylation is 1. The van der Waals surface area contributed by atoms with Gasteiger partial charge in [0, 0.05) is 62.5 Å². The van der Waals surface area contributed by atoms with Crippen molar-refractivity contribution in [2.24, 2.45) is 5.92 Å². The van der Waals surface area contributed by atoms with Gasteiger partial charge in [-0.05, 0) is 113 Å². The number of aliphatic hydroxyl groups is 2. The largest absolute Gasteiger partial charge is 0.387 e. The fourth-order valence-electron chi connectivity index (χ4n) is 11.8. The van der Waals surface area contributed by atoms with E-state index in [1.165, 1.54) is 11.9 Å². The first kappa shape index (κ1) is 57.4. The molecule has 3 aromatic heterocycles. The number of amides is 4. The zero-order chi connectivity index (χ0) is 55.8. The van der Waals surface area contributed by atoms with Crippen LogP contribution in [0.3, 0.4) is 0 Å². The highest BCUT2D eigenvalue weighted by Gasteiger charge is 2.47. The Labute approximate surface area is 464 Å². The topological polar surface area (TPSA) is 245 Å². The monoisotopic (exact) mass is 1080 g/mol. The Morgan fingerprint density at radius 3 is 2.35 bits per heavy atom. The van der Waals surface area contributed by atoms with Crippen molar-refractivity contribution in [1.82, 2.24) is 49.9 Å². The molecule has 19 heteroatoms. The van der Waals surface area contributed by atoms with Gasteiger partial charge in [0.05, 0.1) is 28.5 Å². The summed E-state index contributed by atoms with van der Waals surface area (Å²) in [7, 11) is 0. The number of unbranched alkanes of at least 4 members (excludes halogenated alkanes) is 9. The van der Waals surface area contributed by atoms with Crippen LogP contribution in [0.25, 0.3) is 22.2 Å². The van der Waals surface area contributed by atoms with E-state index in [-0.39, 0.29) is 23.3 Å². The normalized spacial score (nSPS) is 22.3. The van der Waals surface area contributed by atoms with Gasteiger partial charge in [-0.15, -0.1) is 0 Å². The number of anilines is 2. The van der Waals surface area contributed by atoms with Crippen LogP contribution in [0.1, 0.15) is 182 Å².